The number of aromatic nitrogens is 1. The molecule has 1 N–H and O–H groups in total. The number of carbonyl (C=O) groups excluding carboxylic acids is 2. The highest BCUT2D eigenvalue weighted by molar-refractivity contribution is 7.09. The minimum absolute atomic E-state index is 0.000507. The van der Waals surface area contributed by atoms with Crippen LogP contribution in [0, 0.1) is 0 Å². The van der Waals surface area contributed by atoms with Gasteiger partial charge in [-0.05, 0) is 37.5 Å². The molecule has 0 radical (unpaired) electrons. The number of anilines is 1. The molecule has 0 saturated carbocycles. The number of ether oxygens (including phenoxy) is 1. The molecule has 0 unspecified atom stereocenters. The second-order valence-corrected chi connectivity index (χ2v) is 7.47. The topological polar surface area (TPSA) is 71.5 Å². The van der Waals surface area contributed by atoms with Gasteiger partial charge in [-0.3, -0.25) is 14.5 Å². The molecule has 1 aromatic carbocycles. The van der Waals surface area contributed by atoms with E-state index in [2.05, 4.69) is 24.1 Å². The van der Waals surface area contributed by atoms with E-state index in [1.54, 1.807) is 11.3 Å². The van der Waals surface area contributed by atoms with Crippen molar-refractivity contribution in [3.8, 4) is 17.0 Å². The van der Waals surface area contributed by atoms with Crippen molar-refractivity contribution in [2.24, 2.45) is 0 Å². The summed E-state index contributed by atoms with van der Waals surface area (Å²) in [6, 6.07) is 5.67. The van der Waals surface area contributed by atoms with Gasteiger partial charge in [0.2, 0.25) is 5.91 Å². The lowest BCUT2D eigenvalue weighted by molar-refractivity contribution is -0.125. The number of nitrogens with zero attached hydrogens (tertiary/aromatic N) is 2. The van der Waals surface area contributed by atoms with E-state index in [9.17, 15) is 9.59 Å². The van der Waals surface area contributed by atoms with Crippen LogP contribution >= 0.6 is 11.3 Å². The molecule has 2 aromatic rings. The van der Waals surface area contributed by atoms with E-state index in [1.807, 2.05) is 23.6 Å². The van der Waals surface area contributed by atoms with Crippen LogP contribution in [0.4, 0.5) is 5.69 Å². The molecule has 0 atom stereocenters. The van der Waals surface area contributed by atoms with E-state index >= 15 is 0 Å². The number of aryl methyl sites for hydroxylation is 1. The molecule has 2 heterocycles. The van der Waals surface area contributed by atoms with Crippen molar-refractivity contribution in [3.05, 3.63) is 28.6 Å². The summed E-state index contributed by atoms with van der Waals surface area (Å²) in [5.74, 6) is 0.243. The maximum atomic E-state index is 12.4. The minimum atomic E-state index is -0.213. The lowest BCUT2D eigenvalue weighted by atomic mass is 10.1. The molecule has 2 amide bonds. The van der Waals surface area contributed by atoms with Crippen molar-refractivity contribution in [1.29, 1.82) is 0 Å². The van der Waals surface area contributed by atoms with Gasteiger partial charge in [-0.25, -0.2) is 4.98 Å². The first-order valence-electron chi connectivity index (χ1n) is 9.41. The summed E-state index contributed by atoms with van der Waals surface area (Å²) in [6.07, 6.45) is 3.95. The molecule has 0 saturated heterocycles. The highest BCUT2D eigenvalue weighted by atomic mass is 32.1. The molecule has 1 aromatic heterocycles. The van der Waals surface area contributed by atoms with Crippen LogP contribution in [-0.2, 0) is 16.0 Å². The van der Waals surface area contributed by atoms with Gasteiger partial charge in [0, 0.05) is 17.5 Å². The van der Waals surface area contributed by atoms with Crippen LogP contribution in [-0.4, -0.2) is 36.5 Å². The normalized spacial score (nSPS) is 13.3. The zero-order chi connectivity index (χ0) is 19.2. The van der Waals surface area contributed by atoms with Crippen LogP contribution in [0.1, 0.15) is 38.1 Å². The Labute approximate surface area is 163 Å². The van der Waals surface area contributed by atoms with Gasteiger partial charge in [0.25, 0.3) is 5.91 Å². The predicted octanol–water partition coefficient (Wildman–Crippen LogP) is 3.40. The molecule has 144 valence electrons. The van der Waals surface area contributed by atoms with Crippen LogP contribution in [0.3, 0.4) is 0 Å². The standard InChI is InChI=1S/C20H25N3O3S/c1-3-5-9-21-18(24)11-23-16-10-14(7-8-17(16)26-12-20(23)25)15-13-27-19(22-15)6-4-2/h7-8,10,13H,3-6,9,11-12H2,1-2H3,(H,21,24). The molecule has 1 aliphatic rings. The number of hydrogen-bond donors (Lipinski definition) is 1. The fourth-order valence-electron chi connectivity index (χ4n) is 2.91. The molecule has 0 bridgehead atoms. The first-order valence-corrected chi connectivity index (χ1v) is 10.3. The maximum Gasteiger partial charge on any atom is 0.265 e. The van der Waals surface area contributed by atoms with Crippen LogP contribution in [0.15, 0.2) is 23.6 Å². The van der Waals surface area contributed by atoms with E-state index in [0.29, 0.717) is 18.0 Å². The fraction of sp³-hybridized carbons (Fsp3) is 0.450. The van der Waals surface area contributed by atoms with Crippen molar-refractivity contribution in [2.45, 2.75) is 39.5 Å². The van der Waals surface area contributed by atoms with Crippen LogP contribution < -0.4 is 15.0 Å². The minimum Gasteiger partial charge on any atom is -0.482 e. The zero-order valence-corrected chi connectivity index (χ0v) is 16.6. The molecular formula is C20H25N3O3S. The van der Waals surface area contributed by atoms with Crippen molar-refractivity contribution < 1.29 is 14.3 Å². The molecule has 3 rings (SSSR count). The maximum absolute atomic E-state index is 12.4. The SMILES string of the molecule is CCCCNC(=O)CN1C(=O)COc2ccc(-c3csc(CCC)n3)cc21. The Morgan fingerprint density at radius 1 is 1.33 bits per heavy atom. The Balaban J connectivity index is 1.82. The number of amides is 2. The van der Waals surface area contributed by atoms with Crippen LogP contribution in [0.5, 0.6) is 5.75 Å². The highest BCUT2D eigenvalue weighted by Gasteiger charge is 2.27. The smallest absolute Gasteiger partial charge is 0.265 e. The van der Waals surface area contributed by atoms with Gasteiger partial charge in [0.15, 0.2) is 6.61 Å². The van der Waals surface area contributed by atoms with Crippen LogP contribution in [0.25, 0.3) is 11.3 Å². The van der Waals surface area contributed by atoms with Crippen molar-refractivity contribution >= 4 is 28.8 Å². The second-order valence-electron chi connectivity index (χ2n) is 6.53. The Morgan fingerprint density at radius 3 is 2.96 bits per heavy atom. The Morgan fingerprint density at radius 2 is 2.19 bits per heavy atom. The molecule has 27 heavy (non-hydrogen) atoms. The predicted molar refractivity (Wildman–Crippen MR) is 107 cm³/mol. The molecule has 0 fully saturated rings. The Bertz CT molecular complexity index is 819. The molecular weight excluding hydrogens is 362 g/mol. The summed E-state index contributed by atoms with van der Waals surface area (Å²) in [5.41, 5.74) is 2.43. The number of benzene rings is 1. The first kappa shape index (κ1) is 19.4. The lowest BCUT2D eigenvalue weighted by Crippen LogP contribution is -2.45. The molecule has 7 heteroatoms. The van der Waals surface area contributed by atoms with Gasteiger partial charge < -0.3 is 10.1 Å². The summed E-state index contributed by atoms with van der Waals surface area (Å²) in [6.45, 7) is 4.78. The average Bonchev–Trinajstić information content (AvgIpc) is 3.13. The lowest BCUT2D eigenvalue weighted by Gasteiger charge is -2.29. The number of fused-ring (bicyclic) bond motifs is 1. The molecule has 1 aliphatic heterocycles. The number of nitrogens with one attached hydrogen (secondary N) is 1. The number of thiazole rings is 1. The van der Waals surface area contributed by atoms with Gasteiger partial charge in [-0.1, -0.05) is 20.3 Å². The Hall–Kier alpha value is -2.41. The summed E-state index contributed by atoms with van der Waals surface area (Å²) < 4.78 is 5.54. The summed E-state index contributed by atoms with van der Waals surface area (Å²) in [4.78, 5) is 30.8. The van der Waals surface area contributed by atoms with Gasteiger partial charge in [-0.2, -0.15) is 0 Å². The number of carbonyl (C=O) groups is 2. The van der Waals surface area contributed by atoms with Crippen molar-refractivity contribution in [1.82, 2.24) is 10.3 Å². The van der Waals surface area contributed by atoms with Gasteiger partial charge in [0.1, 0.15) is 12.3 Å². The number of hydrogen-bond acceptors (Lipinski definition) is 5. The van der Waals surface area contributed by atoms with E-state index in [4.69, 9.17) is 4.74 Å². The fourth-order valence-corrected chi connectivity index (χ4v) is 3.82. The van der Waals surface area contributed by atoms with Crippen molar-refractivity contribution in [2.75, 3.05) is 24.6 Å². The largest absolute Gasteiger partial charge is 0.482 e. The van der Waals surface area contributed by atoms with E-state index in [0.717, 1.165) is 41.9 Å². The van der Waals surface area contributed by atoms with E-state index < -0.39 is 0 Å². The zero-order valence-electron chi connectivity index (χ0n) is 15.8. The quantitative estimate of drug-likeness (QED) is 0.705. The first-order chi connectivity index (χ1) is 13.1. The van der Waals surface area contributed by atoms with E-state index in [-0.39, 0.29) is 25.0 Å². The number of rotatable bonds is 8. The van der Waals surface area contributed by atoms with Gasteiger partial charge in [-0.15, -0.1) is 11.3 Å². The summed E-state index contributed by atoms with van der Waals surface area (Å²) in [5, 5.41) is 5.99. The van der Waals surface area contributed by atoms with Gasteiger partial charge >= 0.3 is 0 Å². The number of unbranched alkanes of at least 4 members (excludes halogenated alkanes) is 1. The van der Waals surface area contributed by atoms with Crippen molar-refractivity contribution in [3.63, 3.8) is 0 Å². The summed E-state index contributed by atoms with van der Waals surface area (Å²) in [7, 11) is 0. The molecule has 0 aliphatic carbocycles. The third kappa shape index (κ3) is 4.66. The third-order valence-corrected chi connectivity index (χ3v) is 5.28. The molecule has 6 nitrogen and oxygen atoms in total. The summed E-state index contributed by atoms with van der Waals surface area (Å²) >= 11 is 1.64. The van der Waals surface area contributed by atoms with E-state index in [1.165, 1.54) is 4.90 Å². The molecule has 0 spiro atoms. The Kier molecular flexibility index (Phi) is 6.45. The van der Waals surface area contributed by atoms with Gasteiger partial charge in [0.05, 0.1) is 16.4 Å². The second kappa shape index (κ2) is 8.99. The van der Waals surface area contributed by atoms with Crippen LogP contribution in [0.2, 0.25) is 0 Å². The average molecular weight is 388 g/mol. The monoisotopic (exact) mass is 387 g/mol. The third-order valence-electron chi connectivity index (χ3n) is 4.37. The highest BCUT2D eigenvalue weighted by Crippen LogP contribution is 2.36.